The van der Waals surface area contributed by atoms with Gasteiger partial charge < -0.3 is 32.3 Å². The number of unbranched alkanes of at least 4 members (excludes halogenated alkanes) is 1. The molecule has 10 heteroatoms. The van der Waals surface area contributed by atoms with E-state index < -0.39 is 42.4 Å². The number of aliphatic carboxylic acids is 2. The van der Waals surface area contributed by atoms with Gasteiger partial charge in [-0.15, -0.1) is 0 Å². The summed E-state index contributed by atoms with van der Waals surface area (Å²) < 4.78 is 0. The van der Waals surface area contributed by atoms with Gasteiger partial charge in [-0.05, 0) is 32.2 Å². The molecule has 23 heavy (non-hydrogen) atoms. The number of nitrogens with two attached hydrogens (primary N) is 2. The van der Waals surface area contributed by atoms with Crippen LogP contribution in [0, 0.1) is 0 Å². The Labute approximate surface area is 133 Å². The number of carboxylic acids is 2. The molecule has 0 aliphatic rings. The lowest BCUT2D eigenvalue weighted by atomic mass is 10.1. The predicted octanol–water partition coefficient (Wildman–Crippen LogP) is -2.01. The maximum atomic E-state index is 11.6. The Balaban J connectivity index is 4.17. The first-order valence-corrected chi connectivity index (χ1v) is 7.25. The number of hydrogen-bond donors (Lipinski definition) is 6. The minimum Gasteiger partial charge on any atom is -0.481 e. The van der Waals surface area contributed by atoms with Crippen LogP contribution in [-0.4, -0.2) is 59.1 Å². The molecule has 0 saturated carbocycles. The van der Waals surface area contributed by atoms with Crippen molar-refractivity contribution >= 4 is 23.8 Å². The van der Waals surface area contributed by atoms with E-state index in [0.717, 1.165) is 0 Å². The van der Waals surface area contributed by atoms with E-state index in [1.807, 2.05) is 0 Å². The summed E-state index contributed by atoms with van der Waals surface area (Å²) in [5.74, 6) is -3.58. The Morgan fingerprint density at radius 3 is 2.22 bits per heavy atom. The van der Waals surface area contributed by atoms with Crippen molar-refractivity contribution in [1.82, 2.24) is 10.6 Å². The highest BCUT2D eigenvalue weighted by Gasteiger charge is 2.20. The Kier molecular flexibility index (Phi) is 10.3. The molecular weight excluding hydrogens is 308 g/mol. The van der Waals surface area contributed by atoms with Crippen molar-refractivity contribution in [1.29, 1.82) is 0 Å². The molecule has 0 unspecified atom stereocenters. The third-order valence-electron chi connectivity index (χ3n) is 3.01. The number of hydrogen-bond acceptors (Lipinski definition) is 6. The summed E-state index contributed by atoms with van der Waals surface area (Å²) in [7, 11) is 0. The van der Waals surface area contributed by atoms with Crippen molar-refractivity contribution in [3.8, 4) is 0 Å². The van der Waals surface area contributed by atoms with Gasteiger partial charge in [-0.25, -0.2) is 4.79 Å². The number of carboxylic acid groups (broad SMARTS) is 2. The van der Waals surface area contributed by atoms with Gasteiger partial charge in [0.1, 0.15) is 6.04 Å². The predicted molar refractivity (Wildman–Crippen MR) is 80.3 cm³/mol. The Bertz CT molecular complexity index is 429. The summed E-state index contributed by atoms with van der Waals surface area (Å²) >= 11 is 0. The van der Waals surface area contributed by atoms with Crippen LogP contribution < -0.4 is 22.1 Å². The maximum absolute atomic E-state index is 11.6. The summed E-state index contributed by atoms with van der Waals surface area (Å²) in [4.78, 5) is 44.6. The fraction of sp³-hybridized carbons (Fsp3) is 0.692. The molecule has 0 spiro atoms. The van der Waals surface area contributed by atoms with Gasteiger partial charge in [0.05, 0.1) is 12.6 Å². The summed E-state index contributed by atoms with van der Waals surface area (Å²) in [5, 5.41) is 22.0. The normalized spacial score (nSPS) is 13.0. The van der Waals surface area contributed by atoms with Crippen molar-refractivity contribution in [2.75, 3.05) is 13.1 Å². The zero-order valence-electron chi connectivity index (χ0n) is 12.8. The first-order chi connectivity index (χ1) is 10.8. The van der Waals surface area contributed by atoms with Crippen LogP contribution in [0.1, 0.15) is 32.1 Å². The highest BCUT2D eigenvalue weighted by atomic mass is 16.4. The highest BCUT2D eigenvalue weighted by Crippen LogP contribution is 2.00. The first-order valence-electron chi connectivity index (χ1n) is 7.25. The molecule has 0 bridgehead atoms. The Morgan fingerprint density at radius 2 is 1.70 bits per heavy atom. The molecule has 132 valence electrons. The SMILES string of the molecule is NCCCC[C@H](NC(=O)CNC(=O)[C@@H](N)CCC(=O)O)C(=O)O. The monoisotopic (exact) mass is 332 g/mol. The summed E-state index contributed by atoms with van der Waals surface area (Å²) in [6.45, 7) is 0.00481. The lowest BCUT2D eigenvalue weighted by Gasteiger charge is -2.15. The van der Waals surface area contributed by atoms with E-state index in [4.69, 9.17) is 21.7 Å². The molecule has 2 amide bonds. The van der Waals surface area contributed by atoms with Crippen LogP contribution in [0.15, 0.2) is 0 Å². The number of carbonyl (C=O) groups is 4. The van der Waals surface area contributed by atoms with Crippen LogP contribution in [0.2, 0.25) is 0 Å². The smallest absolute Gasteiger partial charge is 0.326 e. The Hall–Kier alpha value is -2.20. The average molecular weight is 332 g/mol. The number of amides is 2. The van der Waals surface area contributed by atoms with Crippen LogP contribution in [0.25, 0.3) is 0 Å². The molecule has 0 radical (unpaired) electrons. The van der Waals surface area contributed by atoms with Crippen LogP contribution in [0.5, 0.6) is 0 Å². The van der Waals surface area contributed by atoms with E-state index in [0.29, 0.717) is 19.4 Å². The third kappa shape index (κ3) is 10.2. The standard InChI is InChI=1S/C13H24N4O6/c14-6-2-1-3-9(13(22)23)17-10(18)7-16-12(21)8(15)4-5-11(19)20/h8-9H,1-7,14-15H2,(H,16,21)(H,17,18)(H,19,20)(H,22,23)/t8-,9-/m0/s1. The van der Waals surface area contributed by atoms with Gasteiger partial charge in [-0.2, -0.15) is 0 Å². The molecule has 0 aromatic rings. The molecule has 0 aliphatic carbocycles. The second-order valence-corrected chi connectivity index (χ2v) is 5.00. The van der Waals surface area contributed by atoms with Gasteiger partial charge in [-0.1, -0.05) is 0 Å². The molecule has 0 saturated heterocycles. The fourth-order valence-electron chi connectivity index (χ4n) is 1.70. The van der Waals surface area contributed by atoms with Crippen LogP contribution in [0.4, 0.5) is 0 Å². The summed E-state index contributed by atoms with van der Waals surface area (Å²) in [5.41, 5.74) is 10.8. The van der Waals surface area contributed by atoms with Crippen LogP contribution in [0.3, 0.4) is 0 Å². The molecule has 0 fully saturated rings. The number of rotatable bonds is 12. The second-order valence-electron chi connectivity index (χ2n) is 5.00. The largest absolute Gasteiger partial charge is 0.481 e. The van der Waals surface area contributed by atoms with E-state index in [9.17, 15) is 19.2 Å². The lowest BCUT2D eigenvalue weighted by molar-refractivity contribution is -0.142. The third-order valence-corrected chi connectivity index (χ3v) is 3.01. The quantitative estimate of drug-likeness (QED) is 0.221. The minimum absolute atomic E-state index is 0.0559. The zero-order valence-corrected chi connectivity index (χ0v) is 12.8. The topological polar surface area (TPSA) is 185 Å². The van der Waals surface area contributed by atoms with Crippen molar-refractivity contribution in [3.05, 3.63) is 0 Å². The fourth-order valence-corrected chi connectivity index (χ4v) is 1.70. The summed E-state index contributed by atoms with van der Waals surface area (Å²) in [6.07, 6.45) is 1.13. The van der Waals surface area contributed by atoms with E-state index >= 15 is 0 Å². The molecule has 0 aliphatic heterocycles. The zero-order chi connectivity index (χ0) is 17.8. The van der Waals surface area contributed by atoms with Crippen LogP contribution >= 0.6 is 0 Å². The summed E-state index contributed by atoms with van der Waals surface area (Å²) in [6, 6.07) is -2.09. The molecule has 8 N–H and O–H groups in total. The molecule has 10 nitrogen and oxygen atoms in total. The van der Waals surface area contributed by atoms with Gasteiger partial charge >= 0.3 is 11.9 Å². The van der Waals surface area contributed by atoms with Gasteiger partial charge in [0.2, 0.25) is 11.8 Å². The molecule has 0 aromatic carbocycles. The molecule has 0 aromatic heterocycles. The van der Waals surface area contributed by atoms with Gasteiger partial charge in [0.25, 0.3) is 0 Å². The molecule has 0 heterocycles. The van der Waals surface area contributed by atoms with E-state index in [1.165, 1.54) is 0 Å². The molecule has 2 atom stereocenters. The van der Waals surface area contributed by atoms with E-state index in [-0.39, 0.29) is 19.3 Å². The van der Waals surface area contributed by atoms with E-state index in [1.54, 1.807) is 0 Å². The number of nitrogens with one attached hydrogen (secondary N) is 2. The number of carbonyl (C=O) groups excluding carboxylic acids is 2. The second kappa shape index (κ2) is 11.4. The Morgan fingerprint density at radius 1 is 1.04 bits per heavy atom. The minimum atomic E-state index is -1.17. The van der Waals surface area contributed by atoms with Crippen molar-refractivity contribution in [2.24, 2.45) is 11.5 Å². The van der Waals surface area contributed by atoms with Gasteiger partial charge in [0, 0.05) is 6.42 Å². The average Bonchev–Trinajstić information content (AvgIpc) is 2.49. The van der Waals surface area contributed by atoms with Gasteiger partial charge in [-0.3, -0.25) is 14.4 Å². The van der Waals surface area contributed by atoms with E-state index in [2.05, 4.69) is 10.6 Å². The van der Waals surface area contributed by atoms with Crippen molar-refractivity contribution in [3.63, 3.8) is 0 Å². The highest BCUT2D eigenvalue weighted by molar-refractivity contribution is 5.89. The molecular formula is C13H24N4O6. The maximum Gasteiger partial charge on any atom is 0.326 e. The lowest BCUT2D eigenvalue weighted by Crippen LogP contribution is -2.48. The van der Waals surface area contributed by atoms with Gasteiger partial charge in [0.15, 0.2) is 0 Å². The van der Waals surface area contributed by atoms with Crippen molar-refractivity contribution in [2.45, 2.75) is 44.2 Å². The van der Waals surface area contributed by atoms with Crippen molar-refractivity contribution < 1.29 is 29.4 Å². The first kappa shape index (κ1) is 20.8. The molecule has 0 rings (SSSR count). The van der Waals surface area contributed by atoms with Crippen LogP contribution in [-0.2, 0) is 19.2 Å².